The molecule has 0 aliphatic carbocycles. The average Bonchev–Trinajstić information content (AvgIpc) is 2.64. The van der Waals surface area contributed by atoms with E-state index in [0.29, 0.717) is 0 Å². The van der Waals surface area contributed by atoms with E-state index in [0.717, 1.165) is 31.1 Å². The molecule has 1 aliphatic heterocycles. The van der Waals surface area contributed by atoms with Crippen LogP contribution in [0, 0.1) is 12.8 Å². The molecule has 1 aromatic carbocycles. The van der Waals surface area contributed by atoms with Crippen LogP contribution in [-0.2, 0) is 6.42 Å². The van der Waals surface area contributed by atoms with Gasteiger partial charge in [-0.2, -0.15) is 0 Å². The lowest BCUT2D eigenvalue weighted by Gasteiger charge is -2.11. The Morgan fingerprint density at radius 2 is 2.36 bits per heavy atom. The first-order chi connectivity index (χ1) is 6.75. The summed E-state index contributed by atoms with van der Waals surface area (Å²) >= 11 is 0. The van der Waals surface area contributed by atoms with Gasteiger partial charge < -0.3 is 11.1 Å². The van der Waals surface area contributed by atoms with Crippen LogP contribution in [0.1, 0.15) is 17.5 Å². The van der Waals surface area contributed by atoms with Gasteiger partial charge in [0.2, 0.25) is 0 Å². The third-order valence-corrected chi connectivity index (χ3v) is 2.97. The molecule has 0 saturated carbocycles. The van der Waals surface area contributed by atoms with Crippen LogP contribution in [0.3, 0.4) is 0 Å². The molecule has 2 heteroatoms. The van der Waals surface area contributed by atoms with Crippen LogP contribution in [0.4, 0.5) is 5.69 Å². The van der Waals surface area contributed by atoms with E-state index in [9.17, 15) is 0 Å². The van der Waals surface area contributed by atoms with Gasteiger partial charge in [0.1, 0.15) is 0 Å². The van der Waals surface area contributed by atoms with Crippen LogP contribution in [-0.4, -0.2) is 13.1 Å². The monoisotopic (exact) mass is 190 g/mol. The summed E-state index contributed by atoms with van der Waals surface area (Å²) in [5, 5.41) is 3.39. The second-order valence-electron chi connectivity index (χ2n) is 4.27. The third kappa shape index (κ3) is 2.07. The Bertz CT molecular complexity index is 314. The van der Waals surface area contributed by atoms with Crippen molar-refractivity contribution in [1.82, 2.24) is 5.32 Å². The highest BCUT2D eigenvalue weighted by Gasteiger charge is 2.15. The number of nitrogens with two attached hydrogens (primary N) is 1. The molecule has 76 valence electrons. The molecule has 0 spiro atoms. The number of aryl methyl sites for hydroxylation is 1. The molecule has 1 atom stereocenters. The lowest BCUT2D eigenvalue weighted by Crippen LogP contribution is -2.11. The second-order valence-corrected chi connectivity index (χ2v) is 4.27. The topological polar surface area (TPSA) is 38.0 Å². The van der Waals surface area contributed by atoms with Crippen LogP contribution >= 0.6 is 0 Å². The molecular weight excluding hydrogens is 172 g/mol. The molecular formula is C12H18N2. The standard InChI is InChI=1S/C12H18N2/c1-9-2-3-12(13)11(6-9)7-10-4-5-14-8-10/h2-3,6,10,14H,4-5,7-8,13H2,1H3. The summed E-state index contributed by atoms with van der Waals surface area (Å²) in [6.45, 7) is 4.43. The van der Waals surface area contributed by atoms with Crippen molar-refractivity contribution in [3.8, 4) is 0 Å². The van der Waals surface area contributed by atoms with Crippen molar-refractivity contribution in [3.05, 3.63) is 29.3 Å². The maximum Gasteiger partial charge on any atom is 0.0346 e. The fourth-order valence-electron chi connectivity index (χ4n) is 2.11. The molecule has 1 aromatic rings. The quantitative estimate of drug-likeness (QED) is 0.697. The fraction of sp³-hybridized carbons (Fsp3) is 0.500. The average molecular weight is 190 g/mol. The highest BCUT2D eigenvalue weighted by Crippen LogP contribution is 2.20. The number of benzene rings is 1. The van der Waals surface area contributed by atoms with Gasteiger partial charge in [0, 0.05) is 5.69 Å². The Morgan fingerprint density at radius 3 is 3.07 bits per heavy atom. The number of nitrogen functional groups attached to an aromatic ring is 1. The van der Waals surface area contributed by atoms with Crippen molar-refractivity contribution < 1.29 is 0 Å². The molecule has 0 amide bonds. The van der Waals surface area contributed by atoms with Crippen molar-refractivity contribution in [2.24, 2.45) is 5.92 Å². The van der Waals surface area contributed by atoms with E-state index in [1.54, 1.807) is 0 Å². The van der Waals surface area contributed by atoms with E-state index in [1.807, 2.05) is 6.07 Å². The molecule has 3 N–H and O–H groups in total. The Labute approximate surface area is 85.5 Å². The largest absolute Gasteiger partial charge is 0.399 e. The number of nitrogens with one attached hydrogen (secondary N) is 1. The van der Waals surface area contributed by atoms with Crippen LogP contribution < -0.4 is 11.1 Å². The normalized spacial score (nSPS) is 21.4. The molecule has 1 fully saturated rings. The second kappa shape index (κ2) is 4.01. The molecule has 1 aliphatic rings. The summed E-state index contributed by atoms with van der Waals surface area (Å²) in [4.78, 5) is 0. The van der Waals surface area contributed by atoms with Crippen LogP contribution in [0.5, 0.6) is 0 Å². The number of hydrogen-bond donors (Lipinski definition) is 2. The lowest BCUT2D eigenvalue weighted by molar-refractivity contribution is 0.581. The highest BCUT2D eigenvalue weighted by molar-refractivity contribution is 5.48. The minimum absolute atomic E-state index is 0.777. The van der Waals surface area contributed by atoms with Crippen molar-refractivity contribution in [2.75, 3.05) is 18.8 Å². The summed E-state index contributed by atoms with van der Waals surface area (Å²) in [5.74, 6) is 0.777. The molecule has 1 heterocycles. The van der Waals surface area contributed by atoms with Crippen LogP contribution in [0.2, 0.25) is 0 Å². The maximum atomic E-state index is 5.95. The number of hydrogen-bond acceptors (Lipinski definition) is 2. The zero-order valence-electron chi connectivity index (χ0n) is 8.72. The van der Waals surface area contributed by atoms with Crippen LogP contribution in [0.25, 0.3) is 0 Å². The molecule has 14 heavy (non-hydrogen) atoms. The Hall–Kier alpha value is -1.02. The van der Waals surface area contributed by atoms with Gasteiger partial charge >= 0.3 is 0 Å². The lowest BCUT2D eigenvalue weighted by atomic mass is 9.96. The van der Waals surface area contributed by atoms with Gasteiger partial charge in [-0.15, -0.1) is 0 Å². The smallest absolute Gasteiger partial charge is 0.0346 e. The Kier molecular flexibility index (Phi) is 2.73. The first-order valence-electron chi connectivity index (χ1n) is 5.31. The summed E-state index contributed by atoms with van der Waals surface area (Å²) in [5.41, 5.74) is 9.52. The minimum Gasteiger partial charge on any atom is -0.399 e. The first kappa shape index (κ1) is 9.53. The SMILES string of the molecule is Cc1ccc(N)c(CC2CCNC2)c1. The molecule has 2 nitrogen and oxygen atoms in total. The maximum absolute atomic E-state index is 5.95. The Morgan fingerprint density at radius 1 is 1.50 bits per heavy atom. The predicted molar refractivity (Wildman–Crippen MR) is 60.3 cm³/mol. The van der Waals surface area contributed by atoms with Crippen molar-refractivity contribution in [2.45, 2.75) is 19.8 Å². The van der Waals surface area contributed by atoms with Gasteiger partial charge in [0.15, 0.2) is 0 Å². The Balaban J connectivity index is 2.10. The fourth-order valence-corrected chi connectivity index (χ4v) is 2.11. The van der Waals surface area contributed by atoms with E-state index >= 15 is 0 Å². The van der Waals surface area contributed by atoms with E-state index in [1.165, 1.54) is 17.5 Å². The molecule has 0 aromatic heterocycles. The zero-order valence-corrected chi connectivity index (χ0v) is 8.72. The summed E-state index contributed by atoms with van der Waals surface area (Å²) in [7, 11) is 0. The molecule has 0 radical (unpaired) electrons. The van der Waals surface area contributed by atoms with E-state index in [-0.39, 0.29) is 0 Å². The molecule has 2 rings (SSSR count). The number of rotatable bonds is 2. The van der Waals surface area contributed by atoms with Gasteiger partial charge in [-0.1, -0.05) is 17.7 Å². The van der Waals surface area contributed by atoms with E-state index in [4.69, 9.17) is 5.73 Å². The van der Waals surface area contributed by atoms with Crippen molar-refractivity contribution in [1.29, 1.82) is 0 Å². The summed E-state index contributed by atoms with van der Waals surface area (Å²) < 4.78 is 0. The van der Waals surface area contributed by atoms with E-state index in [2.05, 4.69) is 24.4 Å². The molecule has 1 unspecified atom stereocenters. The van der Waals surface area contributed by atoms with Gasteiger partial charge in [0.25, 0.3) is 0 Å². The summed E-state index contributed by atoms with van der Waals surface area (Å²) in [6, 6.07) is 6.31. The van der Waals surface area contributed by atoms with Gasteiger partial charge in [-0.05, 0) is 50.4 Å². The van der Waals surface area contributed by atoms with Crippen molar-refractivity contribution in [3.63, 3.8) is 0 Å². The van der Waals surface area contributed by atoms with Crippen molar-refractivity contribution >= 4 is 5.69 Å². The molecule has 0 bridgehead atoms. The number of anilines is 1. The summed E-state index contributed by atoms with van der Waals surface area (Å²) in [6.07, 6.45) is 2.41. The molecule has 1 saturated heterocycles. The predicted octanol–water partition coefficient (Wildman–Crippen LogP) is 1.73. The van der Waals surface area contributed by atoms with Gasteiger partial charge in [-0.25, -0.2) is 0 Å². The van der Waals surface area contributed by atoms with Gasteiger partial charge in [0.05, 0.1) is 0 Å². The minimum atomic E-state index is 0.777. The van der Waals surface area contributed by atoms with Crippen LogP contribution in [0.15, 0.2) is 18.2 Å². The van der Waals surface area contributed by atoms with Gasteiger partial charge in [-0.3, -0.25) is 0 Å². The first-order valence-corrected chi connectivity index (χ1v) is 5.31. The zero-order chi connectivity index (χ0) is 9.97. The van der Waals surface area contributed by atoms with E-state index < -0.39 is 0 Å². The highest BCUT2D eigenvalue weighted by atomic mass is 14.9. The third-order valence-electron chi connectivity index (χ3n) is 2.97.